The van der Waals surface area contributed by atoms with Gasteiger partial charge in [0.2, 0.25) is 0 Å². The van der Waals surface area contributed by atoms with E-state index in [4.69, 9.17) is 4.43 Å². The maximum Gasteiger partial charge on any atom is 0.274 e. The van der Waals surface area contributed by atoms with E-state index in [0.717, 1.165) is 0 Å². The molecule has 0 atom stereocenters. The zero-order valence-corrected chi connectivity index (χ0v) is 19.0. The Hall–Kier alpha value is -3.96. The van der Waals surface area contributed by atoms with Gasteiger partial charge in [0.25, 0.3) is 15.5 Å². The summed E-state index contributed by atoms with van der Waals surface area (Å²) in [5.74, 6) is -7.72. The molecule has 0 aliphatic rings. The predicted octanol–water partition coefficient (Wildman–Crippen LogP) is 6.22. The van der Waals surface area contributed by atoms with Crippen molar-refractivity contribution in [3.63, 3.8) is 0 Å². The molecule has 11 heteroatoms. The Morgan fingerprint density at radius 3 is 1.86 bits per heavy atom. The highest BCUT2D eigenvalue weighted by molar-refractivity contribution is 6.50. The Labute approximate surface area is 202 Å². The minimum atomic E-state index is -1.34. The molecule has 0 amide bonds. The zero-order chi connectivity index (χ0) is 26.0. The van der Waals surface area contributed by atoms with Crippen molar-refractivity contribution in [1.29, 1.82) is 0 Å². The van der Waals surface area contributed by atoms with Crippen molar-refractivity contribution >= 4 is 20.6 Å². The monoisotopic (exact) mass is 517 g/mol. The SMILES string of the molecule is O=[N+]([O-])c1ccccc1CO[Si]c1cccc(-c2c(F)cc(F)cc2F)c1-c1c(F)cc(F)cc1F. The number of nitro benzene ring substituents is 1. The van der Waals surface area contributed by atoms with Gasteiger partial charge in [-0.3, -0.25) is 10.1 Å². The second-order valence-corrected chi connectivity index (χ2v) is 8.53. The molecule has 0 unspecified atom stereocenters. The van der Waals surface area contributed by atoms with Crippen LogP contribution in [0.3, 0.4) is 0 Å². The van der Waals surface area contributed by atoms with E-state index in [1.54, 1.807) is 6.07 Å². The summed E-state index contributed by atoms with van der Waals surface area (Å²) < 4.78 is 91.7. The van der Waals surface area contributed by atoms with Gasteiger partial charge in [0.15, 0.2) is 0 Å². The number of para-hydroxylation sites is 1. The van der Waals surface area contributed by atoms with Crippen molar-refractivity contribution in [2.45, 2.75) is 6.61 Å². The summed E-state index contributed by atoms with van der Waals surface area (Å²) in [6, 6.07) is 11.3. The van der Waals surface area contributed by atoms with Crippen LogP contribution in [-0.2, 0) is 11.0 Å². The van der Waals surface area contributed by atoms with Gasteiger partial charge in [0.05, 0.1) is 28.2 Å². The van der Waals surface area contributed by atoms with Gasteiger partial charge in [0, 0.05) is 30.3 Å². The number of hydrogen-bond donors (Lipinski definition) is 0. The van der Waals surface area contributed by atoms with E-state index >= 15 is 0 Å². The highest BCUT2D eigenvalue weighted by Crippen LogP contribution is 2.37. The van der Waals surface area contributed by atoms with Gasteiger partial charge in [-0.25, -0.2) is 26.3 Å². The third kappa shape index (κ3) is 5.02. The highest BCUT2D eigenvalue weighted by atomic mass is 28.2. The Balaban J connectivity index is 1.84. The fraction of sp³-hybridized carbons (Fsp3) is 0.0400. The van der Waals surface area contributed by atoms with Crippen LogP contribution in [0.4, 0.5) is 32.0 Å². The molecule has 182 valence electrons. The standard InChI is InChI=1S/C25H13F6NO3Si/c26-14-8-17(28)23(18(29)9-14)16-5-3-7-22(24(16)25-19(30)10-15(27)11-20(25)31)36-35-12-13-4-1-2-6-21(13)32(33)34/h1-11H,12H2. The van der Waals surface area contributed by atoms with Crippen LogP contribution in [0.15, 0.2) is 66.7 Å². The van der Waals surface area contributed by atoms with Gasteiger partial charge in [-0.2, -0.15) is 0 Å². The second-order valence-electron chi connectivity index (χ2n) is 7.49. The average molecular weight is 517 g/mol. The smallest absolute Gasteiger partial charge is 0.274 e. The third-order valence-corrected chi connectivity index (χ3v) is 6.12. The van der Waals surface area contributed by atoms with Crippen LogP contribution in [0.2, 0.25) is 0 Å². The number of rotatable bonds is 7. The molecule has 0 heterocycles. The lowest BCUT2D eigenvalue weighted by Gasteiger charge is -2.17. The maximum atomic E-state index is 14.8. The third-order valence-electron chi connectivity index (χ3n) is 5.20. The Morgan fingerprint density at radius 2 is 1.28 bits per heavy atom. The van der Waals surface area contributed by atoms with Gasteiger partial charge in [-0.15, -0.1) is 0 Å². The molecule has 0 fully saturated rings. The molecular formula is C25H13F6NO3Si. The fourth-order valence-corrected chi connectivity index (χ4v) is 4.61. The van der Waals surface area contributed by atoms with Crippen LogP contribution < -0.4 is 5.19 Å². The zero-order valence-electron chi connectivity index (χ0n) is 18.0. The van der Waals surface area contributed by atoms with E-state index in [2.05, 4.69) is 0 Å². The van der Waals surface area contributed by atoms with Crippen molar-refractivity contribution in [3.05, 3.63) is 117 Å². The average Bonchev–Trinajstić information content (AvgIpc) is 2.79. The Kier molecular flexibility index (Phi) is 7.22. The largest absolute Gasteiger partial charge is 0.407 e. The molecule has 0 saturated heterocycles. The maximum absolute atomic E-state index is 14.8. The lowest BCUT2D eigenvalue weighted by atomic mass is 9.93. The van der Waals surface area contributed by atoms with Crippen molar-refractivity contribution in [2.24, 2.45) is 0 Å². The molecular weight excluding hydrogens is 504 g/mol. The molecule has 36 heavy (non-hydrogen) atoms. The first-order valence-electron chi connectivity index (χ1n) is 10.2. The topological polar surface area (TPSA) is 52.4 Å². The first kappa shape index (κ1) is 25.1. The van der Waals surface area contributed by atoms with Crippen LogP contribution in [0.1, 0.15) is 5.56 Å². The molecule has 0 bridgehead atoms. The van der Waals surface area contributed by atoms with Gasteiger partial charge in [-0.05, 0) is 22.4 Å². The first-order chi connectivity index (χ1) is 17.2. The number of benzene rings is 4. The van der Waals surface area contributed by atoms with Crippen LogP contribution in [0.25, 0.3) is 22.3 Å². The summed E-state index contributed by atoms with van der Waals surface area (Å²) in [4.78, 5) is 10.6. The first-order valence-corrected chi connectivity index (χ1v) is 11.1. The Bertz CT molecular complexity index is 1430. The summed E-state index contributed by atoms with van der Waals surface area (Å²) in [6.45, 7) is -0.257. The lowest BCUT2D eigenvalue weighted by molar-refractivity contribution is -0.385. The molecule has 0 aromatic heterocycles. The summed E-state index contributed by atoms with van der Waals surface area (Å²) in [7, 11) is -0.702. The summed E-state index contributed by atoms with van der Waals surface area (Å²) >= 11 is 0. The van der Waals surface area contributed by atoms with E-state index in [1.807, 2.05) is 0 Å². The van der Waals surface area contributed by atoms with Gasteiger partial charge < -0.3 is 4.43 Å². The van der Waals surface area contributed by atoms with E-state index in [9.17, 15) is 36.5 Å². The molecule has 2 radical (unpaired) electrons. The Morgan fingerprint density at radius 1 is 0.722 bits per heavy atom. The molecule has 0 saturated carbocycles. The second kappa shape index (κ2) is 10.3. The molecule has 0 aliphatic heterocycles. The number of halogens is 6. The lowest BCUT2D eigenvalue weighted by Crippen LogP contribution is -2.22. The van der Waals surface area contributed by atoms with E-state index < -0.39 is 60.7 Å². The number of nitro groups is 1. The summed E-state index contributed by atoms with van der Waals surface area (Å²) in [5.41, 5.74) is -2.16. The normalized spacial score (nSPS) is 11.1. The van der Waals surface area contributed by atoms with Crippen LogP contribution in [0, 0.1) is 45.0 Å². The minimum Gasteiger partial charge on any atom is -0.407 e. The summed E-state index contributed by atoms with van der Waals surface area (Å²) in [6.07, 6.45) is 0. The van der Waals surface area contributed by atoms with Gasteiger partial charge in [0.1, 0.15) is 34.9 Å². The molecule has 0 N–H and O–H groups in total. The van der Waals surface area contributed by atoms with E-state index in [1.165, 1.54) is 36.4 Å². The van der Waals surface area contributed by atoms with Crippen molar-refractivity contribution in [2.75, 3.05) is 0 Å². The van der Waals surface area contributed by atoms with Gasteiger partial charge in [-0.1, -0.05) is 30.3 Å². The number of nitrogens with zero attached hydrogens (tertiary/aromatic N) is 1. The van der Waals surface area contributed by atoms with Crippen LogP contribution >= 0.6 is 0 Å². The van der Waals surface area contributed by atoms with Crippen molar-refractivity contribution in [3.8, 4) is 22.3 Å². The quantitative estimate of drug-likeness (QED) is 0.127. The molecule has 4 aromatic carbocycles. The van der Waals surface area contributed by atoms with Crippen LogP contribution in [-0.4, -0.2) is 14.7 Å². The molecule has 4 aromatic rings. The predicted molar refractivity (Wildman–Crippen MR) is 120 cm³/mol. The van der Waals surface area contributed by atoms with Crippen molar-refractivity contribution < 1.29 is 35.7 Å². The molecule has 4 rings (SSSR count). The van der Waals surface area contributed by atoms with Crippen molar-refractivity contribution in [1.82, 2.24) is 0 Å². The number of hydrogen-bond acceptors (Lipinski definition) is 3. The minimum absolute atomic E-state index is 0.0682. The fourth-order valence-electron chi connectivity index (χ4n) is 3.70. The molecule has 0 spiro atoms. The highest BCUT2D eigenvalue weighted by Gasteiger charge is 2.25. The van der Waals surface area contributed by atoms with Crippen LogP contribution in [0.5, 0.6) is 0 Å². The van der Waals surface area contributed by atoms with E-state index in [-0.39, 0.29) is 34.2 Å². The molecule has 4 nitrogen and oxygen atoms in total. The van der Waals surface area contributed by atoms with Gasteiger partial charge >= 0.3 is 0 Å². The van der Waals surface area contributed by atoms with E-state index in [0.29, 0.717) is 24.3 Å². The molecule has 0 aliphatic carbocycles. The summed E-state index contributed by atoms with van der Waals surface area (Å²) in [5, 5.41) is 11.3.